The molecule has 2 atom stereocenters. The van der Waals surface area contributed by atoms with Crippen molar-refractivity contribution in [3.05, 3.63) is 74.6 Å². The third-order valence-corrected chi connectivity index (χ3v) is 6.37. The molecule has 160 valence electrons. The smallest absolute Gasteiger partial charge is 0.270 e. The lowest BCUT2D eigenvalue weighted by atomic mass is 10.0. The van der Waals surface area contributed by atoms with Crippen molar-refractivity contribution in [3.63, 3.8) is 0 Å². The van der Waals surface area contributed by atoms with Gasteiger partial charge >= 0.3 is 0 Å². The maximum Gasteiger partial charge on any atom is 0.270 e. The normalized spacial score (nSPS) is 19.5. The zero-order valence-electron chi connectivity index (χ0n) is 17.6. The Labute approximate surface area is 185 Å². The van der Waals surface area contributed by atoms with Crippen LogP contribution < -0.4 is 10.5 Å². The Balaban J connectivity index is 1.69. The molecule has 3 heterocycles. The summed E-state index contributed by atoms with van der Waals surface area (Å²) in [5, 5.41) is 0.427. The molecule has 0 amide bonds. The minimum atomic E-state index is -0.303. The fourth-order valence-corrected chi connectivity index (χ4v) is 4.45. The van der Waals surface area contributed by atoms with Crippen LogP contribution in [-0.2, 0) is 13.6 Å². The van der Waals surface area contributed by atoms with E-state index in [1.54, 1.807) is 41.9 Å². The number of rotatable bonds is 3. The summed E-state index contributed by atoms with van der Waals surface area (Å²) < 4.78 is 15.9. The zero-order chi connectivity index (χ0) is 22.3. The molecule has 0 saturated carbocycles. The summed E-state index contributed by atoms with van der Waals surface area (Å²) in [5.41, 5.74) is 2.43. The van der Waals surface area contributed by atoms with Crippen molar-refractivity contribution >= 4 is 34.1 Å². The Morgan fingerprint density at radius 1 is 1.23 bits per heavy atom. The number of piperazine rings is 1. The van der Waals surface area contributed by atoms with Crippen LogP contribution in [0.1, 0.15) is 19.4 Å². The maximum atomic E-state index is 14.3. The minimum absolute atomic E-state index is 0.0513. The molecular weight excluding hydrogens is 417 g/mol. The number of hydrogen-bond donors (Lipinski definition) is 0. The van der Waals surface area contributed by atoms with E-state index in [-0.39, 0.29) is 23.5 Å². The number of nitrogens with zero attached hydrogens (tertiary/aromatic N) is 5. The maximum absolute atomic E-state index is 14.3. The van der Waals surface area contributed by atoms with Crippen molar-refractivity contribution in [3.8, 4) is 0 Å². The van der Waals surface area contributed by atoms with Gasteiger partial charge in [0, 0.05) is 55.4 Å². The van der Waals surface area contributed by atoms with E-state index in [4.69, 9.17) is 18.2 Å². The van der Waals surface area contributed by atoms with Gasteiger partial charge in [-0.2, -0.15) is 0 Å². The first-order valence-electron chi connectivity index (χ1n) is 10.1. The van der Waals surface area contributed by atoms with Crippen LogP contribution in [0.2, 0.25) is 5.02 Å². The minimum Gasteiger partial charge on any atom is -0.362 e. The van der Waals surface area contributed by atoms with Crippen molar-refractivity contribution in [2.45, 2.75) is 32.5 Å². The number of halogens is 2. The van der Waals surface area contributed by atoms with E-state index in [1.165, 1.54) is 6.07 Å². The average Bonchev–Trinajstić information content (AvgIpc) is 2.75. The van der Waals surface area contributed by atoms with Crippen molar-refractivity contribution in [2.24, 2.45) is 7.05 Å². The highest BCUT2D eigenvalue weighted by Crippen LogP contribution is 2.31. The largest absolute Gasteiger partial charge is 0.362 e. The highest BCUT2D eigenvalue weighted by Gasteiger charge is 2.32. The van der Waals surface area contributed by atoms with Crippen LogP contribution in [0.4, 0.5) is 15.9 Å². The molecule has 2 aromatic heterocycles. The molecule has 1 fully saturated rings. The van der Waals surface area contributed by atoms with Gasteiger partial charge in [0.1, 0.15) is 5.82 Å². The van der Waals surface area contributed by atoms with E-state index >= 15 is 0 Å². The Morgan fingerprint density at radius 2 is 2.00 bits per heavy atom. The summed E-state index contributed by atoms with van der Waals surface area (Å²) in [7, 11) is 1.70. The molecule has 1 saturated heterocycles. The molecule has 0 aliphatic carbocycles. The number of pyridine rings is 2. The molecular formula is C23H23ClFN5O. The molecule has 0 radical (unpaired) electrons. The molecule has 1 aliphatic heterocycles. The van der Waals surface area contributed by atoms with Gasteiger partial charge in [-0.1, -0.05) is 24.2 Å². The van der Waals surface area contributed by atoms with E-state index in [2.05, 4.69) is 33.5 Å². The summed E-state index contributed by atoms with van der Waals surface area (Å²) in [6.45, 7) is 13.2. The monoisotopic (exact) mass is 439 g/mol. The van der Waals surface area contributed by atoms with Gasteiger partial charge < -0.3 is 14.3 Å². The first kappa shape index (κ1) is 21.3. The Kier molecular flexibility index (Phi) is 5.69. The molecule has 0 N–H and O–H groups in total. The van der Waals surface area contributed by atoms with E-state index in [0.29, 0.717) is 47.1 Å². The van der Waals surface area contributed by atoms with E-state index in [1.807, 2.05) is 0 Å². The van der Waals surface area contributed by atoms with Crippen LogP contribution in [0.25, 0.3) is 15.9 Å². The van der Waals surface area contributed by atoms with Gasteiger partial charge in [-0.25, -0.2) is 4.39 Å². The van der Waals surface area contributed by atoms with E-state index < -0.39 is 0 Å². The molecule has 0 bridgehead atoms. The summed E-state index contributed by atoms with van der Waals surface area (Å²) in [6, 6.07) is 9.87. The van der Waals surface area contributed by atoms with E-state index in [9.17, 15) is 9.18 Å². The lowest BCUT2D eigenvalue weighted by molar-refractivity contribution is 0.156. The fourth-order valence-electron chi connectivity index (χ4n) is 4.22. The SMILES string of the molecule is [C-]#[N+]c1ccc2c(n1)c(N1C[C@@H](C)N(Cc3c(F)cccc3Cl)C[C@@H]1C)cc(=O)n2C. The second-order valence-corrected chi connectivity index (χ2v) is 8.46. The quantitative estimate of drug-likeness (QED) is 0.568. The second-order valence-electron chi connectivity index (χ2n) is 8.06. The summed E-state index contributed by atoms with van der Waals surface area (Å²) >= 11 is 6.24. The van der Waals surface area contributed by atoms with Gasteiger partial charge in [-0.3, -0.25) is 9.69 Å². The zero-order valence-corrected chi connectivity index (χ0v) is 18.4. The van der Waals surface area contributed by atoms with Crippen molar-refractivity contribution in [2.75, 3.05) is 18.0 Å². The number of anilines is 1. The van der Waals surface area contributed by atoms with E-state index in [0.717, 1.165) is 5.69 Å². The van der Waals surface area contributed by atoms with Gasteiger partial charge in [0.25, 0.3) is 11.4 Å². The van der Waals surface area contributed by atoms with Crippen LogP contribution in [0.15, 0.2) is 41.2 Å². The Hall–Kier alpha value is -2.95. The van der Waals surface area contributed by atoms with Crippen LogP contribution in [0.3, 0.4) is 0 Å². The first-order chi connectivity index (χ1) is 14.8. The molecule has 0 spiro atoms. The van der Waals surface area contributed by atoms with Gasteiger partial charge in [-0.15, -0.1) is 4.98 Å². The van der Waals surface area contributed by atoms with Gasteiger partial charge in [-0.05, 0) is 38.1 Å². The number of benzene rings is 1. The molecule has 8 heteroatoms. The van der Waals surface area contributed by atoms with Gasteiger partial charge in [0.2, 0.25) is 5.52 Å². The van der Waals surface area contributed by atoms with Crippen LogP contribution in [0.5, 0.6) is 0 Å². The molecule has 3 aromatic rings. The van der Waals surface area contributed by atoms with Crippen LogP contribution in [-0.4, -0.2) is 39.6 Å². The predicted molar refractivity (Wildman–Crippen MR) is 121 cm³/mol. The standard InChI is InChI=1S/C23H23ClFN5O/c1-14-12-30(15(2)11-29(14)13-16-17(24)6-5-7-18(16)25)20-10-22(31)28(4)19-8-9-21(26-3)27-23(19)20/h5-10,14-15H,11-13H2,1-2,4H3/t14-,15+/m1/s1. The molecule has 4 rings (SSSR count). The van der Waals surface area contributed by atoms with Crippen LogP contribution >= 0.6 is 11.6 Å². The summed E-state index contributed by atoms with van der Waals surface area (Å²) in [6.07, 6.45) is 0. The van der Waals surface area contributed by atoms with Crippen molar-refractivity contribution in [1.29, 1.82) is 0 Å². The van der Waals surface area contributed by atoms with Gasteiger partial charge in [0.15, 0.2) is 0 Å². The summed E-state index contributed by atoms with van der Waals surface area (Å²) in [4.78, 5) is 24.9. The van der Waals surface area contributed by atoms with Gasteiger partial charge in [0.05, 0.1) is 11.2 Å². The summed E-state index contributed by atoms with van der Waals surface area (Å²) in [5.74, 6) is -0.0101. The molecule has 31 heavy (non-hydrogen) atoms. The highest BCUT2D eigenvalue weighted by molar-refractivity contribution is 6.31. The highest BCUT2D eigenvalue weighted by atomic mass is 35.5. The number of hydrogen-bond acceptors (Lipinski definition) is 4. The Morgan fingerprint density at radius 3 is 2.71 bits per heavy atom. The first-order valence-corrected chi connectivity index (χ1v) is 10.5. The average molecular weight is 440 g/mol. The topological polar surface area (TPSA) is 45.7 Å². The second kappa shape index (κ2) is 8.29. The van der Waals surface area contributed by atoms with Crippen molar-refractivity contribution < 1.29 is 4.39 Å². The number of fused-ring (bicyclic) bond motifs is 1. The fraction of sp³-hybridized carbons (Fsp3) is 0.348. The molecule has 1 aliphatic rings. The Bertz CT molecular complexity index is 1230. The molecule has 6 nitrogen and oxygen atoms in total. The molecule has 0 unspecified atom stereocenters. The lowest BCUT2D eigenvalue weighted by Crippen LogP contribution is -2.56. The third-order valence-electron chi connectivity index (χ3n) is 6.02. The third kappa shape index (κ3) is 3.89. The lowest BCUT2D eigenvalue weighted by Gasteiger charge is -2.45. The number of aryl methyl sites for hydroxylation is 1. The van der Waals surface area contributed by atoms with Crippen molar-refractivity contribution in [1.82, 2.24) is 14.5 Å². The predicted octanol–water partition coefficient (Wildman–Crippen LogP) is 4.38. The molecule has 1 aromatic carbocycles. The van der Waals surface area contributed by atoms with Crippen LogP contribution in [0, 0.1) is 12.4 Å². The number of aromatic nitrogens is 2.